The summed E-state index contributed by atoms with van der Waals surface area (Å²) in [7, 11) is 0.373. The van der Waals surface area contributed by atoms with Crippen LogP contribution >= 0.6 is 7.60 Å². The summed E-state index contributed by atoms with van der Waals surface area (Å²) in [6, 6.07) is 0. The van der Waals surface area contributed by atoms with E-state index in [4.69, 9.17) is 13.8 Å². The molecule has 0 bridgehead atoms. The van der Waals surface area contributed by atoms with Crippen molar-refractivity contribution in [1.82, 2.24) is 4.57 Å². The van der Waals surface area contributed by atoms with Crippen LogP contribution in [0.4, 0.5) is 0 Å². The van der Waals surface area contributed by atoms with E-state index in [-0.39, 0.29) is 5.56 Å². The number of hydrogen-bond donors (Lipinski definition) is 0. The first-order chi connectivity index (χ1) is 9.37. The van der Waals surface area contributed by atoms with Gasteiger partial charge in [-0.15, -0.1) is 0 Å². The molecule has 0 saturated heterocycles. The lowest BCUT2D eigenvalue weighted by atomic mass is 10.2. The Bertz CT molecular complexity index is 541. The Labute approximate surface area is 119 Å². The number of ether oxygens (including phenoxy) is 1. The normalized spacial score (nSPS) is 11.7. The van der Waals surface area contributed by atoms with E-state index in [0.29, 0.717) is 16.7 Å². The van der Waals surface area contributed by atoms with Gasteiger partial charge in [-0.05, 0) is 20.3 Å². The van der Waals surface area contributed by atoms with Crippen molar-refractivity contribution in [3.8, 4) is 0 Å². The van der Waals surface area contributed by atoms with Gasteiger partial charge >= 0.3 is 13.6 Å². The maximum absolute atomic E-state index is 12.7. The fourth-order valence-electron chi connectivity index (χ4n) is 2.36. The second-order valence-corrected chi connectivity index (χ2v) is 6.57. The summed E-state index contributed by atoms with van der Waals surface area (Å²) in [5.74, 6) is -0.537. The van der Waals surface area contributed by atoms with Crippen LogP contribution in [0.25, 0.3) is 0 Å². The van der Waals surface area contributed by atoms with Crippen molar-refractivity contribution >= 4 is 18.9 Å². The van der Waals surface area contributed by atoms with Crippen LogP contribution in [0.3, 0.4) is 0 Å². The lowest BCUT2D eigenvalue weighted by Gasteiger charge is -2.15. The second-order valence-electron chi connectivity index (χ2n) is 4.40. The van der Waals surface area contributed by atoms with Gasteiger partial charge in [-0.1, -0.05) is 6.92 Å². The largest absolute Gasteiger partial charge is 0.465 e. The minimum Gasteiger partial charge on any atom is -0.465 e. The summed E-state index contributed by atoms with van der Waals surface area (Å²) in [6.07, 6.45) is 0.890. The van der Waals surface area contributed by atoms with Crippen LogP contribution in [0.5, 0.6) is 0 Å². The lowest BCUT2D eigenvalue weighted by molar-refractivity contribution is 0.0600. The van der Waals surface area contributed by atoms with Crippen molar-refractivity contribution in [3.63, 3.8) is 0 Å². The van der Waals surface area contributed by atoms with Crippen molar-refractivity contribution < 1.29 is 23.1 Å². The van der Waals surface area contributed by atoms with Gasteiger partial charge in [0.15, 0.2) is 0 Å². The number of carbonyl (C=O) groups is 1. The van der Waals surface area contributed by atoms with Crippen LogP contribution in [0.2, 0.25) is 0 Å². The van der Waals surface area contributed by atoms with E-state index >= 15 is 0 Å². The number of aromatic nitrogens is 1. The van der Waals surface area contributed by atoms with Crippen LogP contribution in [0, 0.1) is 13.8 Å². The Kier molecular flexibility index (Phi) is 5.57. The second kappa shape index (κ2) is 6.57. The van der Waals surface area contributed by atoms with Crippen LogP contribution < -0.4 is 5.30 Å². The molecule has 0 radical (unpaired) electrons. The third-order valence-corrected chi connectivity index (χ3v) is 5.40. The predicted octanol–water partition coefficient (Wildman–Crippen LogP) is 2.41. The van der Waals surface area contributed by atoms with Gasteiger partial charge in [0.1, 0.15) is 0 Å². The number of hydrogen-bond acceptors (Lipinski definition) is 5. The highest BCUT2D eigenvalue weighted by molar-refractivity contribution is 7.62. The maximum atomic E-state index is 12.7. The Morgan fingerprint density at radius 3 is 2.10 bits per heavy atom. The maximum Gasteiger partial charge on any atom is 0.363 e. The van der Waals surface area contributed by atoms with Crippen LogP contribution in [-0.2, 0) is 24.9 Å². The smallest absolute Gasteiger partial charge is 0.363 e. The molecule has 1 aromatic heterocycles. The molecule has 0 aliphatic rings. The number of esters is 1. The molecule has 1 aromatic rings. The zero-order valence-electron chi connectivity index (χ0n) is 12.8. The Morgan fingerprint density at radius 1 is 1.15 bits per heavy atom. The van der Waals surface area contributed by atoms with Crippen LogP contribution in [0.1, 0.15) is 35.1 Å². The van der Waals surface area contributed by atoms with Gasteiger partial charge in [0.05, 0.1) is 18.0 Å². The highest BCUT2D eigenvalue weighted by Crippen LogP contribution is 2.48. The van der Waals surface area contributed by atoms with E-state index in [1.165, 1.54) is 21.3 Å². The minimum atomic E-state index is -3.53. The lowest BCUT2D eigenvalue weighted by Crippen LogP contribution is -2.19. The third kappa shape index (κ3) is 2.68. The van der Waals surface area contributed by atoms with Crippen molar-refractivity contribution in [1.29, 1.82) is 0 Å². The molecule has 0 aliphatic heterocycles. The molecular formula is C13H22NO5P. The van der Waals surface area contributed by atoms with E-state index in [0.717, 1.165) is 13.0 Å². The molecule has 114 valence electrons. The number of carbonyl (C=O) groups excluding carboxylic acids is 1. The molecule has 1 heterocycles. The van der Waals surface area contributed by atoms with E-state index in [1.54, 1.807) is 13.8 Å². The molecule has 0 aromatic carbocycles. The Hall–Kier alpha value is -1.10. The number of nitrogens with zero attached hydrogens (tertiary/aromatic N) is 1. The van der Waals surface area contributed by atoms with Gasteiger partial charge in [0.25, 0.3) is 0 Å². The van der Waals surface area contributed by atoms with Gasteiger partial charge in [-0.25, -0.2) is 4.79 Å². The molecule has 0 aliphatic carbocycles. The zero-order valence-corrected chi connectivity index (χ0v) is 13.7. The van der Waals surface area contributed by atoms with E-state index in [1.807, 2.05) is 11.5 Å². The molecule has 0 amide bonds. The highest BCUT2D eigenvalue weighted by atomic mass is 31.2. The first-order valence-electron chi connectivity index (χ1n) is 6.37. The van der Waals surface area contributed by atoms with E-state index in [9.17, 15) is 9.36 Å². The molecule has 6 nitrogen and oxygen atoms in total. The fourth-order valence-corrected chi connectivity index (χ4v) is 3.92. The molecule has 0 N–H and O–H groups in total. The zero-order chi connectivity index (χ0) is 15.5. The molecule has 0 spiro atoms. The van der Waals surface area contributed by atoms with Crippen LogP contribution in [-0.4, -0.2) is 31.9 Å². The van der Waals surface area contributed by atoms with Crippen molar-refractivity contribution in [2.75, 3.05) is 21.3 Å². The first-order valence-corrected chi connectivity index (χ1v) is 7.92. The monoisotopic (exact) mass is 303 g/mol. The predicted molar refractivity (Wildman–Crippen MR) is 76.8 cm³/mol. The van der Waals surface area contributed by atoms with Gasteiger partial charge in [0.2, 0.25) is 0 Å². The molecular weight excluding hydrogens is 281 g/mol. The molecule has 0 fully saturated rings. The molecule has 0 unspecified atom stereocenters. The molecule has 7 heteroatoms. The summed E-state index contributed by atoms with van der Waals surface area (Å²) >= 11 is 0. The van der Waals surface area contributed by atoms with E-state index in [2.05, 4.69) is 0 Å². The molecule has 20 heavy (non-hydrogen) atoms. The van der Waals surface area contributed by atoms with Gasteiger partial charge in [0, 0.05) is 32.2 Å². The van der Waals surface area contributed by atoms with Crippen molar-refractivity contribution in [3.05, 3.63) is 17.0 Å². The topological polar surface area (TPSA) is 66.8 Å². The number of methoxy groups -OCH3 is 1. The summed E-state index contributed by atoms with van der Waals surface area (Å²) in [6.45, 7) is 6.35. The summed E-state index contributed by atoms with van der Waals surface area (Å²) in [4.78, 5) is 12.0. The third-order valence-electron chi connectivity index (χ3n) is 3.34. The highest BCUT2D eigenvalue weighted by Gasteiger charge is 2.37. The van der Waals surface area contributed by atoms with Crippen molar-refractivity contribution in [2.45, 2.75) is 33.7 Å². The average Bonchev–Trinajstić information content (AvgIpc) is 2.71. The average molecular weight is 303 g/mol. The Balaban J connectivity index is 3.68. The minimum absolute atomic E-state index is 0.269. The first kappa shape index (κ1) is 17.0. The van der Waals surface area contributed by atoms with Gasteiger partial charge < -0.3 is 18.4 Å². The Morgan fingerprint density at radius 2 is 1.70 bits per heavy atom. The number of rotatable bonds is 6. The van der Waals surface area contributed by atoms with E-state index < -0.39 is 13.6 Å². The molecule has 0 atom stereocenters. The molecule has 0 saturated carbocycles. The van der Waals surface area contributed by atoms with Crippen molar-refractivity contribution in [2.24, 2.45) is 0 Å². The SMILES string of the molecule is CCCn1c(C)c(C(=O)OC)c(P(=O)(OC)OC)c1C. The summed E-state index contributed by atoms with van der Waals surface area (Å²) in [5.41, 5.74) is 1.68. The van der Waals surface area contributed by atoms with Gasteiger partial charge in [-0.2, -0.15) is 0 Å². The fraction of sp³-hybridized carbons (Fsp3) is 0.615. The van der Waals surface area contributed by atoms with Crippen LogP contribution in [0.15, 0.2) is 0 Å². The van der Waals surface area contributed by atoms with Gasteiger partial charge in [-0.3, -0.25) is 4.57 Å². The molecule has 1 rings (SSSR count). The standard InChI is InChI=1S/C13H22NO5P/c1-7-8-14-9(2)11(13(15)17-4)12(10(14)3)20(16,18-5)19-6/h7-8H2,1-6H3. The summed E-state index contributed by atoms with van der Waals surface area (Å²) in [5, 5.41) is 0.292. The quantitative estimate of drug-likeness (QED) is 0.596. The summed E-state index contributed by atoms with van der Waals surface area (Å²) < 4.78 is 29.6.